The Hall–Kier alpha value is -3.03. The van der Waals surface area contributed by atoms with E-state index in [-0.39, 0.29) is 6.04 Å². The third-order valence-electron chi connectivity index (χ3n) is 5.53. The van der Waals surface area contributed by atoms with Crippen LogP contribution in [0.1, 0.15) is 17.5 Å². The van der Waals surface area contributed by atoms with Gasteiger partial charge in [-0.2, -0.15) is 0 Å². The number of aryl methyl sites for hydroxylation is 1. The molecule has 0 saturated carbocycles. The lowest BCUT2D eigenvalue weighted by atomic mass is 10.1. The normalized spacial score (nSPS) is 17.4. The zero-order valence-corrected chi connectivity index (χ0v) is 16.7. The summed E-state index contributed by atoms with van der Waals surface area (Å²) < 4.78 is 7.56. The number of benzene rings is 1. The molecule has 0 radical (unpaired) electrons. The topological polar surface area (TPSA) is 81.6 Å². The Balaban J connectivity index is 1.56. The van der Waals surface area contributed by atoms with E-state index in [1.807, 2.05) is 22.6 Å². The van der Waals surface area contributed by atoms with Crippen LogP contribution in [0.3, 0.4) is 0 Å². The summed E-state index contributed by atoms with van der Waals surface area (Å²) in [5, 5.41) is 9.78. The molecule has 1 saturated heterocycles. The highest BCUT2D eigenvalue weighted by atomic mass is 16.5. The number of ether oxygens (including phenoxy) is 1. The first kappa shape index (κ1) is 18.0. The van der Waals surface area contributed by atoms with Gasteiger partial charge in [0.1, 0.15) is 17.0 Å². The quantitative estimate of drug-likeness (QED) is 0.579. The summed E-state index contributed by atoms with van der Waals surface area (Å²) in [6, 6.07) is 12.6. The first-order chi connectivity index (χ1) is 14.1. The van der Waals surface area contributed by atoms with Crippen LogP contribution < -0.4 is 10.5 Å². The third-order valence-corrected chi connectivity index (χ3v) is 5.53. The van der Waals surface area contributed by atoms with Crippen molar-refractivity contribution < 1.29 is 4.74 Å². The Labute approximate surface area is 169 Å². The maximum absolute atomic E-state index is 6.05. The molecule has 0 spiro atoms. The fraction of sp³-hybridized carbons (Fsp3) is 0.318. The first-order valence-corrected chi connectivity index (χ1v) is 9.88. The highest BCUT2D eigenvalue weighted by Gasteiger charge is 2.19. The summed E-state index contributed by atoms with van der Waals surface area (Å²) in [7, 11) is 1.67. The Bertz CT molecular complexity index is 1200. The molecule has 1 aromatic carbocycles. The van der Waals surface area contributed by atoms with Crippen LogP contribution in [-0.2, 0) is 6.54 Å². The summed E-state index contributed by atoms with van der Waals surface area (Å²) in [6.07, 6.45) is 3.16. The van der Waals surface area contributed by atoms with Gasteiger partial charge in [-0.25, -0.2) is 4.98 Å². The molecule has 148 valence electrons. The third kappa shape index (κ3) is 3.32. The van der Waals surface area contributed by atoms with Crippen molar-refractivity contribution in [3.8, 4) is 17.3 Å². The highest BCUT2D eigenvalue weighted by Crippen LogP contribution is 2.28. The summed E-state index contributed by atoms with van der Waals surface area (Å²) in [5.41, 5.74) is 10.8. The van der Waals surface area contributed by atoms with Crippen molar-refractivity contribution in [2.45, 2.75) is 25.9 Å². The molecule has 1 atom stereocenters. The van der Waals surface area contributed by atoms with E-state index in [2.05, 4.69) is 46.4 Å². The van der Waals surface area contributed by atoms with Crippen molar-refractivity contribution >= 4 is 16.6 Å². The Kier molecular flexibility index (Phi) is 4.41. The van der Waals surface area contributed by atoms with Gasteiger partial charge in [0.25, 0.3) is 0 Å². The highest BCUT2D eigenvalue weighted by molar-refractivity contribution is 5.87. The first-order valence-electron chi connectivity index (χ1n) is 9.88. The van der Waals surface area contributed by atoms with Gasteiger partial charge in [0.15, 0.2) is 11.5 Å². The van der Waals surface area contributed by atoms with Crippen LogP contribution in [0.2, 0.25) is 0 Å². The van der Waals surface area contributed by atoms with E-state index in [1.54, 1.807) is 7.11 Å². The molecule has 2 N–H and O–H groups in total. The minimum Gasteiger partial charge on any atom is -0.494 e. The molecular weight excluding hydrogens is 364 g/mol. The Morgan fingerprint density at radius 2 is 2.07 bits per heavy atom. The average molecular weight is 388 g/mol. The molecule has 1 fully saturated rings. The second kappa shape index (κ2) is 7.09. The number of pyridine rings is 2. The zero-order valence-electron chi connectivity index (χ0n) is 16.7. The smallest absolute Gasteiger partial charge is 0.187 e. The number of likely N-dealkylation sites (tertiary alicyclic amines) is 1. The van der Waals surface area contributed by atoms with Gasteiger partial charge >= 0.3 is 0 Å². The van der Waals surface area contributed by atoms with Crippen molar-refractivity contribution in [2.24, 2.45) is 5.73 Å². The van der Waals surface area contributed by atoms with Crippen molar-refractivity contribution in [1.29, 1.82) is 0 Å². The number of nitrogens with zero attached hydrogens (tertiary/aromatic N) is 5. The molecule has 4 heterocycles. The van der Waals surface area contributed by atoms with E-state index in [1.165, 1.54) is 5.56 Å². The van der Waals surface area contributed by atoms with Crippen LogP contribution in [0.4, 0.5) is 0 Å². The lowest BCUT2D eigenvalue weighted by Crippen LogP contribution is -2.26. The molecule has 1 aliphatic rings. The second-order valence-electron chi connectivity index (χ2n) is 7.81. The molecule has 0 bridgehead atoms. The lowest BCUT2D eigenvalue weighted by Gasteiger charge is -2.15. The number of fused-ring (bicyclic) bond motifs is 2. The van der Waals surface area contributed by atoms with E-state index >= 15 is 0 Å². The predicted octanol–water partition coefficient (Wildman–Crippen LogP) is 2.79. The van der Waals surface area contributed by atoms with Gasteiger partial charge in [0.2, 0.25) is 0 Å². The standard InChI is InChI=1S/C22H24N6O/c1-14-9-16-4-5-18(24-21(16)19(10-14)29-2)22-26-25-20-6-3-15(12-28(20)22)11-27-8-7-17(23)13-27/h3-6,9-10,12,17H,7-8,11,13,23H2,1-2H3. The van der Waals surface area contributed by atoms with Crippen LogP contribution >= 0.6 is 0 Å². The summed E-state index contributed by atoms with van der Waals surface area (Å²) in [4.78, 5) is 7.23. The van der Waals surface area contributed by atoms with E-state index in [0.29, 0.717) is 0 Å². The van der Waals surface area contributed by atoms with Crippen molar-refractivity contribution in [3.05, 3.63) is 53.7 Å². The lowest BCUT2D eigenvalue weighted by molar-refractivity contribution is 0.326. The van der Waals surface area contributed by atoms with Crippen LogP contribution in [0.15, 0.2) is 42.6 Å². The Morgan fingerprint density at radius 1 is 1.17 bits per heavy atom. The molecule has 4 aromatic rings. The molecule has 29 heavy (non-hydrogen) atoms. The zero-order chi connectivity index (χ0) is 20.0. The molecule has 5 rings (SSSR count). The minimum absolute atomic E-state index is 0.282. The number of aromatic nitrogens is 4. The molecule has 7 heteroatoms. The summed E-state index contributed by atoms with van der Waals surface area (Å²) in [5.74, 6) is 1.49. The van der Waals surface area contributed by atoms with E-state index < -0.39 is 0 Å². The van der Waals surface area contributed by atoms with Crippen LogP contribution in [0.5, 0.6) is 5.75 Å². The largest absolute Gasteiger partial charge is 0.494 e. The molecule has 0 aliphatic carbocycles. The maximum atomic E-state index is 6.05. The van der Waals surface area contributed by atoms with Gasteiger partial charge in [0, 0.05) is 37.3 Å². The molecule has 7 nitrogen and oxygen atoms in total. The summed E-state index contributed by atoms with van der Waals surface area (Å²) >= 11 is 0. The minimum atomic E-state index is 0.282. The Morgan fingerprint density at radius 3 is 2.86 bits per heavy atom. The van der Waals surface area contributed by atoms with Gasteiger partial charge in [-0.15, -0.1) is 10.2 Å². The van der Waals surface area contributed by atoms with Gasteiger partial charge in [-0.3, -0.25) is 9.30 Å². The van der Waals surface area contributed by atoms with Gasteiger partial charge in [0.05, 0.1) is 7.11 Å². The molecule has 3 aromatic heterocycles. The number of nitrogens with two attached hydrogens (primary N) is 1. The SMILES string of the molecule is COc1cc(C)cc2ccc(-c3nnc4ccc(CN5CCC(N)C5)cn34)nc12. The molecule has 1 aliphatic heterocycles. The fourth-order valence-electron chi connectivity index (χ4n) is 4.09. The van der Waals surface area contributed by atoms with E-state index in [4.69, 9.17) is 15.5 Å². The van der Waals surface area contributed by atoms with E-state index in [0.717, 1.165) is 65.4 Å². The number of hydrogen-bond donors (Lipinski definition) is 1. The second-order valence-corrected chi connectivity index (χ2v) is 7.81. The molecule has 1 unspecified atom stereocenters. The van der Waals surface area contributed by atoms with Crippen LogP contribution in [0.25, 0.3) is 28.1 Å². The fourth-order valence-corrected chi connectivity index (χ4v) is 4.09. The van der Waals surface area contributed by atoms with Gasteiger partial charge in [-0.1, -0.05) is 12.1 Å². The van der Waals surface area contributed by atoms with Crippen molar-refractivity contribution in [2.75, 3.05) is 20.2 Å². The predicted molar refractivity (Wildman–Crippen MR) is 113 cm³/mol. The monoisotopic (exact) mass is 388 g/mol. The molecular formula is C22H24N6O. The van der Waals surface area contributed by atoms with Crippen LogP contribution in [0, 0.1) is 6.92 Å². The number of hydrogen-bond acceptors (Lipinski definition) is 6. The van der Waals surface area contributed by atoms with Crippen LogP contribution in [-0.4, -0.2) is 50.7 Å². The average Bonchev–Trinajstić information content (AvgIpc) is 3.32. The summed E-state index contributed by atoms with van der Waals surface area (Å²) in [6.45, 7) is 4.91. The van der Waals surface area contributed by atoms with Crippen molar-refractivity contribution in [1.82, 2.24) is 24.5 Å². The van der Waals surface area contributed by atoms with E-state index in [9.17, 15) is 0 Å². The molecule has 0 amide bonds. The van der Waals surface area contributed by atoms with Gasteiger partial charge in [-0.05, 0) is 48.7 Å². The maximum Gasteiger partial charge on any atom is 0.187 e. The number of methoxy groups -OCH3 is 1. The van der Waals surface area contributed by atoms with Crippen molar-refractivity contribution in [3.63, 3.8) is 0 Å². The van der Waals surface area contributed by atoms with Gasteiger partial charge < -0.3 is 10.5 Å². The number of rotatable bonds is 4.